The van der Waals surface area contributed by atoms with Crippen molar-refractivity contribution in [2.75, 3.05) is 25.0 Å². The second-order valence-electron chi connectivity index (χ2n) is 11.7. The number of hydrogen-bond donors (Lipinski definition) is 3. The number of benzene rings is 2. The number of fused-ring (bicyclic) bond motifs is 1. The van der Waals surface area contributed by atoms with Crippen molar-refractivity contribution in [1.82, 2.24) is 25.2 Å². The smallest absolute Gasteiger partial charge is 0.408 e. The summed E-state index contributed by atoms with van der Waals surface area (Å²) in [6.07, 6.45) is 3.19. The number of carbonyl (C=O) groups is 1. The number of hydrogen-bond acceptors (Lipinski definition) is 7. The zero-order chi connectivity index (χ0) is 30.2. The number of aryl methyl sites for hydroxylation is 1. The Kier molecular flexibility index (Phi) is 7.89. The summed E-state index contributed by atoms with van der Waals surface area (Å²) in [6.45, 7) is 9.60. The average molecular weight is 579 g/mol. The van der Waals surface area contributed by atoms with Crippen LogP contribution in [0.1, 0.15) is 67.4 Å². The van der Waals surface area contributed by atoms with Crippen molar-refractivity contribution in [2.24, 2.45) is 0 Å². The molecule has 1 amide bonds. The molecule has 42 heavy (non-hydrogen) atoms. The Morgan fingerprint density at radius 1 is 1.10 bits per heavy atom. The molecule has 5 rings (SSSR count). The highest BCUT2D eigenvalue weighted by molar-refractivity contribution is 5.97. The van der Waals surface area contributed by atoms with Crippen LogP contribution in [0.25, 0.3) is 11.1 Å². The third-order valence-electron chi connectivity index (χ3n) is 7.53. The fourth-order valence-corrected chi connectivity index (χ4v) is 4.96. The number of amides is 1. The first-order valence-electron chi connectivity index (χ1n) is 14.1. The van der Waals surface area contributed by atoms with Crippen LogP contribution in [0.5, 0.6) is 0 Å². The third-order valence-corrected chi connectivity index (χ3v) is 7.53. The minimum absolute atomic E-state index is 0.113. The number of nitrogens with one attached hydrogen (secondary N) is 3. The Labute approximate surface area is 242 Å². The van der Waals surface area contributed by atoms with Crippen molar-refractivity contribution in [2.45, 2.75) is 64.8 Å². The largest absolute Gasteiger partial charge is 0.417 e. The SMILES string of the molecule is CCc1cnc(Nc2cc(C(C)(C)F)cc(C(C)(C)F)c2)nc1CCNC1CN(C(=O)c2ccc3[nH]c(=O)oc3c2)C1. The number of aromatic nitrogens is 3. The van der Waals surface area contributed by atoms with Crippen LogP contribution in [-0.2, 0) is 24.2 Å². The van der Waals surface area contributed by atoms with Gasteiger partial charge in [0, 0.05) is 49.5 Å². The molecule has 1 aliphatic rings. The van der Waals surface area contributed by atoms with Gasteiger partial charge in [-0.25, -0.2) is 23.5 Å². The zero-order valence-corrected chi connectivity index (χ0v) is 24.5. The molecule has 2 aromatic heterocycles. The minimum atomic E-state index is -1.64. The molecule has 0 aliphatic carbocycles. The highest BCUT2D eigenvalue weighted by Gasteiger charge is 2.31. The Hall–Kier alpha value is -4.12. The van der Waals surface area contributed by atoms with Gasteiger partial charge in [-0.3, -0.25) is 9.78 Å². The fraction of sp³-hybridized carbons (Fsp3) is 0.419. The van der Waals surface area contributed by atoms with Crippen LogP contribution in [-0.4, -0.2) is 51.4 Å². The highest BCUT2D eigenvalue weighted by atomic mass is 19.1. The number of H-pyrrole nitrogens is 1. The maximum absolute atomic E-state index is 14.8. The lowest BCUT2D eigenvalue weighted by atomic mass is 9.92. The predicted molar refractivity (Wildman–Crippen MR) is 158 cm³/mol. The van der Waals surface area contributed by atoms with Crippen molar-refractivity contribution in [1.29, 1.82) is 0 Å². The van der Waals surface area contributed by atoms with E-state index in [-0.39, 0.29) is 11.9 Å². The molecule has 222 valence electrons. The molecule has 11 heteroatoms. The fourth-order valence-electron chi connectivity index (χ4n) is 4.96. The molecule has 4 aromatic rings. The molecule has 1 saturated heterocycles. The number of halogens is 2. The molecule has 0 spiro atoms. The third kappa shape index (κ3) is 6.51. The summed E-state index contributed by atoms with van der Waals surface area (Å²) in [7, 11) is 0. The first-order valence-corrected chi connectivity index (χ1v) is 14.1. The lowest BCUT2D eigenvalue weighted by Gasteiger charge is -2.39. The van der Waals surface area contributed by atoms with Gasteiger partial charge in [0.2, 0.25) is 5.95 Å². The number of aromatic amines is 1. The average Bonchev–Trinajstić information content (AvgIpc) is 3.28. The van der Waals surface area contributed by atoms with Crippen molar-refractivity contribution in [3.05, 3.63) is 81.1 Å². The molecule has 2 aromatic carbocycles. The van der Waals surface area contributed by atoms with E-state index in [1.807, 2.05) is 6.92 Å². The normalized spacial score (nSPS) is 14.3. The monoisotopic (exact) mass is 578 g/mol. The van der Waals surface area contributed by atoms with E-state index in [2.05, 4.69) is 20.6 Å². The number of carbonyl (C=O) groups excluding carboxylic acids is 1. The van der Waals surface area contributed by atoms with Gasteiger partial charge in [-0.1, -0.05) is 6.92 Å². The van der Waals surface area contributed by atoms with Gasteiger partial charge in [-0.2, -0.15) is 0 Å². The number of alkyl halides is 2. The van der Waals surface area contributed by atoms with Gasteiger partial charge in [0.1, 0.15) is 11.3 Å². The standard InChI is InChI=1S/C31H36F2N6O3/c1-6-18-15-35-28(36-22-13-20(30(2,3)32)12-21(14-22)31(4,5)33)37-24(18)9-10-34-23-16-39(17-23)27(40)19-7-8-25-26(11-19)42-29(41)38-25/h7-8,11-15,23,34H,6,9-10,16-17H2,1-5H3,(H,38,41)(H,35,36,37). The summed E-state index contributed by atoms with van der Waals surface area (Å²) in [4.78, 5) is 37.7. The molecule has 9 nitrogen and oxygen atoms in total. The molecular formula is C31H36F2N6O3. The van der Waals surface area contributed by atoms with Crippen molar-refractivity contribution < 1.29 is 18.0 Å². The minimum Gasteiger partial charge on any atom is -0.408 e. The lowest BCUT2D eigenvalue weighted by Crippen LogP contribution is -2.60. The van der Waals surface area contributed by atoms with E-state index in [1.165, 1.54) is 27.7 Å². The van der Waals surface area contributed by atoms with Crippen LogP contribution in [0.15, 0.2) is 51.8 Å². The van der Waals surface area contributed by atoms with Crippen LogP contribution in [0, 0.1) is 0 Å². The zero-order valence-electron chi connectivity index (χ0n) is 24.5. The number of oxazole rings is 1. The first-order chi connectivity index (χ1) is 19.8. The van der Waals surface area contributed by atoms with Gasteiger partial charge in [0.15, 0.2) is 5.58 Å². The van der Waals surface area contributed by atoms with Crippen LogP contribution in [0.2, 0.25) is 0 Å². The molecular weight excluding hydrogens is 542 g/mol. The summed E-state index contributed by atoms with van der Waals surface area (Å²) in [6, 6.07) is 9.94. The van der Waals surface area contributed by atoms with Gasteiger partial charge in [0.05, 0.1) is 11.2 Å². The number of anilines is 2. The molecule has 3 heterocycles. The van der Waals surface area contributed by atoms with Gasteiger partial charge >= 0.3 is 5.76 Å². The quantitative estimate of drug-likeness (QED) is 0.234. The number of likely N-dealkylation sites (tertiary alicyclic amines) is 1. The molecule has 0 atom stereocenters. The summed E-state index contributed by atoms with van der Waals surface area (Å²) >= 11 is 0. The lowest BCUT2D eigenvalue weighted by molar-refractivity contribution is 0.0568. The molecule has 3 N–H and O–H groups in total. The van der Waals surface area contributed by atoms with Crippen LogP contribution < -0.4 is 16.4 Å². The second-order valence-corrected chi connectivity index (χ2v) is 11.7. The van der Waals surface area contributed by atoms with E-state index in [0.29, 0.717) is 65.5 Å². The molecule has 1 fully saturated rings. The summed E-state index contributed by atoms with van der Waals surface area (Å²) in [5.41, 5.74) is 1.25. The van der Waals surface area contributed by atoms with Crippen molar-refractivity contribution >= 4 is 28.6 Å². The highest BCUT2D eigenvalue weighted by Crippen LogP contribution is 2.34. The van der Waals surface area contributed by atoms with Crippen LogP contribution in [0.4, 0.5) is 20.4 Å². The van der Waals surface area contributed by atoms with E-state index in [4.69, 9.17) is 9.40 Å². The molecule has 1 aliphatic heterocycles. The van der Waals surface area contributed by atoms with Crippen molar-refractivity contribution in [3.63, 3.8) is 0 Å². The predicted octanol–water partition coefficient (Wildman–Crippen LogP) is 5.28. The summed E-state index contributed by atoms with van der Waals surface area (Å²) in [5.74, 6) is -0.307. The Balaban J connectivity index is 1.20. The first kappa shape index (κ1) is 29.4. The van der Waals surface area contributed by atoms with Gasteiger partial charge in [-0.05, 0) is 87.2 Å². The Bertz CT molecular complexity index is 1630. The van der Waals surface area contributed by atoms with E-state index in [0.717, 1.165) is 17.7 Å². The van der Waals surface area contributed by atoms with E-state index >= 15 is 0 Å². The van der Waals surface area contributed by atoms with Crippen LogP contribution in [0.3, 0.4) is 0 Å². The maximum Gasteiger partial charge on any atom is 0.417 e. The van der Waals surface area contributed by atoms with Crippen molar-refractivity contribution in [3.8, 4) is 0 Å². The topological polar surface area (TPSA) is 116 Å². The van der Waals surface area contributed by atoms with Gasteiger partial charge < -0.3 is 20.0 Å². The molecule has 0 saturated carbocycles. The molecule has 0 unspecified atom stereocenters. The Morgan fingerprint density at radius 3 is 2.43 bits per heavy atom. The Morgan fingerprint density at radius 2 is 1.79 bits per heavy atom. The number of nitrogens with zero attached hydrogens (tertiary/aromatic N) is 3. The van der Waals surface area contributed by atoms with Gasteiger partial charge in [0.25, 0.3) is 5.91 Å². The van der Waals surface area contributed by atoms with E-state index < -0.39 is 17.1 Å². The second kappa shape index (κ2) is 11.3. The molecule has 0 radical (unpaired) electrons. The van der Waals surface area contributed by atoms with E-state index in [9.17, 15) is 18.4 Å². The number of rotatable bonds is 10. The molecule has 0 bridgehead atoms. The maximum atomic E-state index is 14.8. The summed E-state index contributed by atoms with van der Waals surface area (Å²) < 4.78 is 34.7. The van der Waals surface area contributed by atoms with E-state index in [1.54, 1.807) is 47.5 Å². The van der Waals surface area contributed by atoms with Gasteiger partial charge in [-0.15, -0.1) is 0 Å². The summed E-state index contributed by atoms with van der Waals surface area (Å²) in [5, 5.41) is 6.62. The van der Waals surface area contributed by atoms with Crippen LogP contribution >= 0.6 is 0 Å².